The molecule has 1 aliphatic rings. The molecule has 0 spiro atoms. The van der Waals surface area contributed by atoms with Crippen LogP contribution in [0.5, 0.6) is 5.75 Å². The summed E-state index contributed by atoms with van der Waals surface area (Å²) in [5.41, 5.74) is 7.18. The molecule has 0 aliphatic carbocycles. The van der Waals surface area contributed by atoms with Crippen LogP contribution in [0.15, 0.2) is 73.4 Å². The van der Waals surface area contributed by atoms with Crippen LogP contribution in [0, 0.1) is 0 Å². The zero-order chi connectivity index (χ0) is 25.3. The summed E-state index contributed by atoms with van der Waals surface area (Å²) in [7, 11) is 0. The van der Waals surface area contributed by atoms with E-state index in [1.165, 1.54) is 25.9 Å². The Labute approximate surface area is 219 Å². The van der Waals surface area contributed by atoms with Crippen LogP contribution in [-0.4, -0.2) is 66.3 Å². The van der Waals surface area contributed by atoms with Crippen LogP contribution >= 0.6 is 0 Å². The van der Waals surface area contributed by atoms with Gasteiger partial charge in [-0.3, -0.25) is 25.0 Å². The highest BCUT2D eigenvalue weighted by atomic mass is 16.5. The van der Waals surface area contributed by atoms with E-state index in [0.29, 0.717) is 12.4 Å². The zero-order valence-corrected chi connectivity index (χ0v) is 20.8. The summed E-state index contributed by atoms with van der Waals surface area (Å²) in [4.78, 5) is 23.9. The lowest BCUT2D eigenvalue weighted by atomic mass is 10.0. The maximum absolute atomic E-state index is 6.03. The number of nitrogens with one attached hydrogen (secondary N) is 2. The highest BCUT2D eigenvalue weighted by Crippen LogP contribution is 2.32. The van der Waals surface area contributed by atoms with Crippen molar-refractivity contribution in [1.82, 2.24) is 40.0 Å². The second kappa shape index (κ2) is 9.68. The van der Waals surface area contributed by atoms with Gasteiger partial charge in [-0.2, -0.15) is 5.10 Å². The van der Waals surface area contributed by atoms with Crippen LogP contribution in [0.25, 0.3) is 55.8 Å². The second-order valence-corrected chi connectivity index (χ2v) is 9.52. The van der Waals surface area contributed by atoms with Gasteiger partial charge in [0.15, 0.2) is 5.82 Å². The van der Waals surface area contributed by atoms with Crippen molar-refractivity contribution in [3.63, 3.8) is 0 Å². The lowest BCUT2D eigenvalue weighted by Gasteiger charge is -2.15. The number of hydrogen-bond donors (Lipinski definition) is 2. The predicted octanol–water partition coefficient (Wildman–Crippen LogP) is 5.10. The standard InChI is InChI=1S/C29H26N8O/c1-2-12-37(11-1)13-14-38-22-15-21(17-31-18-22)20-3-4-24-23(16-20)27(36-35-24)29-33-25-7-10-32-26(28(25)34-29)19-5-8-30-9-6-19/h3-10,15-18H,1-2,11-14H2,(H,33,34)(H,35,36). The molecule has 1 saturated heterocycles. The number of nitrogens with zero attached hydrogens (tertiary/aromatic N) is 6. The third kappa shape index (κ3) is 4.26. The molecule has 9 heteroatoms. The van der Waals surface area contributed by atoms with E-state index in [1.807, 2.05) is 36.5 Å². The second-order valence-electron chi connectivity index (χ2n) is 9.52. The SMILES string of the molecule is c1cc(-c2nccc3[nH]c(-c4n[nH]c5ccc(-c6cncc(OCCN7CCCC7)c6)cc45)nc23)ccn1. The lowest BCUT2D eigenvalue weighted by Crippen LogP contribution is -2.25. The Morgan fingerprint density at radius 3 is 2.61 bits per heavy atom. The van der Waals surface area contributed by atoms with Gasteiger partial charge < -0.3 is 9.72 Å². The molecule has 0 amide bonds. The third-order valence-corrected chi connectivity index (χ3v) is 7.06. The molecular weight excluding hydrogens is 476 g/mol. The highest BCUT2D eigenvalue weighted by molar-refractivity contribution is 5.97. The molecule has 0 saturated carbocycles. The Bertz CT molecular complexity index is 1720. The summed E-state index contributed by atoms with van der Waals surface area (Å²) >= 11 is 0. The Balaban J connectivity index is 1.20. The van der Waals surface area contributed by atoms with Gasteiger partial charge in [-0.1, -0.05) is 6.07 Å². The number of likely N-dealkylation sites (tertiary alicyclic amines) is 1. The smallest absolute Gasteiger partial charge is 0.159 e. The normalized spacial score (nSPS) is 14.0. The van der Waals surface area contributed by atoms with Gasteiger partial charge in [0, 0.05) is 47.8 Å². The monoisotopic (exact) mass is 502 g/mol. The van der Waals surface area contributed by atoms with Crippen LogP contribution in [0.3, 0.4) is 0 Å². The van der Waals surface area contributed by atoms with Crippen molar-refractivity contribution >= 4 is 21.9 Å². The van der Waals surface area contributed by atoms with E-state index in [-0.39, 0.29) is 0 Å². The number of H-pyrrole nitrogens is 2. The Kier molecular flexibility index (Phi) is 5.75. The van der Waals surface area contributed by atoms with Gasteiger partial charge >= 0.3 is 0 Å². The van der Waals surface area contributed by atoms with Crippen LogP contribution < -0.4 is 4.74 Å². The Morgan fingerprint density at radius 2 is 1.71 bits per heavy atom. The third-order valence-electron chi connectivity index (χ3n) is 7.06. The van der Waals surface area contributed by atoms with Crippen molar-refractivity contribution in [3.8, 4) is 39.7 Å². The summed E-state index contributed by atoms with van der Waals surface area (Å²) in [6.45, 7) is 3.95. The van der Waals surface area contributed by atoms with Crippen LogP contribution in [0.4, 0.5) is 0 Å². The van der Waals surface area contributed by atoms with Gasteiger partial charge in [0.2, 0.25) is 0 Å². The molecule has 5 aromatic heterocycles. The van der Waals surface area contributed by atoms with Crippen molar-refractivity contribution in [1.29, 1.82) is 0 Å². The van der Waals surface area contributed by atoms with Gasteiger partial charge in [0.05, 0.1) is 22.9 Å². The van der Waals surface area contributed by atoms with E-state index >= 15 is 0 Å². The van der Waals surface area contributed by atoms with Gasteiger partial charge in [0.25, 0.3) is 0 Å². The molecule has 0 atom stereocenters. The summed E-state index contributed by atoms with van der Waals surface area (Å²) in [5.74, 6) is 1.46. The molecule has 1 fully saturated rings. The Hall–Kier alpha value is -4.63. The van der Waals surface area contributed by atoms with Crippen molar-refractivity contribution in [3.05, 3.63) is 73.4 Å². The summed E-state index contributed by atoms with van der Waals surface area (Å²) < 4.78 is 6.03. The zero-order valence-electron chi connectivity index (χ0n) is 20.8. The first kappa shape index (κ1) is 22.6. The van der Waals surface area contributed by atoms with Gasteiger partial charge in [0.1, 0.15) is 23.6 Å². The number of ether oxygens (including phenoxy) is 1. The molecule has 0 bridgehead atoms. The van der Waals surface area contributed by atoms with E-state index in [9.17, 15) is 0 Å². The van der Waals surface area contributed by atoms with Gasteiger partial charge in [-0.05, 0) is 67.9 Å². The number of rotatable bonds is 7. The van der Waals surface area contributed by atoms with Crippen molar-refractivity contribution in [2.45, 2.75) is 12.8 Å². The molecular formula is C29H26N8O. The number of hydrogen-bond acceptors (Lipinski definition) is 7. The minimum atomic E-state index is 0.665. The fourth-order valence-electron chi connectivity index (χ4n) is 5.10. The van der Waals surface area contributed by atoms with Crippen molar-refractivity contribution < 1.29 is 4.74 Å². The average Bonchev–Trinajstić information content (AvgIpc) is 3.73. The summed E-state index contributed by atoms with van der Waals surface area (Å²) in [5, 5.41) is 8.72. The summed E-state index contributed by atoms with van der Waals surface area (Å²) in [6, 6.07) is 14.1. The number of aromatic amines is 2. The minimum Gasteiger partial charge on any atom is -0.491 e. The average molecular weight is 503 g/mol. The molecule has 6 heterocycles. The first-order chi connectivity index (χ1) is 18.8. The molecule has 9 nitrogen and oxygen atoms in total. The maximum atomic E-state index is 6.03. The molecule has 1 aromatic carbocycles. The topological polar surface area (TPSA) is 108 Å². The number of aromatic nitrogens is 7. The van der Waals surface area contributed by atoms with E-state index < -0.39 is 0 Å². The molecule has 1 aliphatic heterocycles. The number of benzene rings is 1. The van der Waals surface area contributed by atoms with Gasteiger partial charge in [-0.25, -0.2) is 4.98 Å². The highest BCUT2D eigenvalue weighted by Gasteiger charge is 2.17. The van der Waals surface area contributed by atoms with Gasteiger partial charge in [-0.15, -0.1) is 0 Å². The fraction of sp³-hybridized carbons (Fsp3) is 0.207. The van der Waals surface area contributed by atoms with Crippen LogP contribution in [0.1, 0.15) is 12.8 Å². The van der Waals surface area contributed by atoms with E-state index in [4.69, 9.17) is 9.72 Å². The molecule has 0 unspecified atom stereocenters. The molecule has 0 radical (unpaired) electrons. The first-order valence-corrected chi connectivity index (χ1v) is 12.9. The van der Waals surface area contributed by atoms with E-state index in [0.717, 1.165) is 62.3 Å². The quantitative estimate of drug-likeness (QED) is 0.313. The molecule has 7 rings (SSSR count). The number of imidazole rings is 1. The van der Waals surface area contributed by atoms with Crippen LogP contribution in [0.2, 0.25) is 0 Å². The maximum Gasteiger partial charge on any atom is 0.159 e. The molecule has 38 heavy (non-hydrogen) atoms. The molecule has 6 aromatic rings. The van der Waals surface area contributed by atoms with E-state index in [2.05, 4.69) is 47.2 Å². The number of fused-ring (bicyclic) bond motifs is 2. The fourth-order valence-corrected chi connectivity index (χ4v) is 5.10. The number of pyridine rings is 3. The predicted molar refractivity (Wildman–Crippen MR) is 147 cm³/mol. The van der Waals surface area contributed by atoms with Crippen LogP contribution in [-0.2, 0) is 0 Å². The van der Waals surface area contributed by atoms with Crippen molar-refractivity contribution in [2.75, 3.05) is 26.2 Å². The minimum absolute atomic E-state index is 0.665. The molecule has 188 valence electrons. The van der Waals surface area contributed by atoms with Crippen molar-refractivity contribution in [2.24, 2.45) is 0 Å². The lowest BCUT2D eigenvalue weighted by molar-refractivity contribution is 0.237. The Morgan fingerprint density at radius 1 is 0.816 bits per heavy atom. The largest absolute Gasteiger partial charge is 0.491 e. The first-order valence-electron chi connectivity index (χ1n) is 12.9. The molecule has 2 N–H and O–H groups in total. The van der Waals surface area contributed by atoms with E-state index in [1.54, 1.807) is 24.8 Å². The summed E-state index contributed by atoms with van der Waals surface area (Å²) in [6.07, 6.45) is 11.5.